The molecule has 0 aliphatic carbocycles. The van der Waals surface area contributed by atoms with E-state index < -0.39 is 0 Å². The van der Waals surface area contributed by atoms with Crippen molar-refractivity contribution >= 4 is 57.7 Å². The highest BCUT2D eigenvalue weighted by Crippen LogP contribution is 2.24. The maximum absolute atomic E-state index is 12.2. The molecule has 6 nitrogen and oxygen atoms in total. The number of nitrogens with one attached hydrogen (secondary N) is 3. The summed E-state index contributed by atoms with van der Waals surface area (Å²) in [6.07, 6.45) is 0. The van der Waals surface area contributed by atoms with Gasteiger partial charge in [-0.15, -0.1) is 11.3 Å². The molecule has 0 saturated carbocycles. The molecule has 0 atom stereocenters. The van der Waals surface area contributed by atoms with Crippen LogP contribution in [0.4, 0.5) is 28.8 Å². The van der Waals surface area contributed by atoms with Crippen molar-refractivity contribution in [3.05, 3.63) is 87.2 Å². The van der Waals surface area contributed by atoms with Gasteiger partial charge in [-0.25, -0.2) is 4.98 Å². The van der Waals surface area contributed by atoms with E-state index >= 15 is 0 Å². The summed E-state index contributed by atoms with van der Waals surface area (Å²) in [6, 6.07) is 20.7. The van der Waals surface area contributed by atoms with Gasteiger partial charge in [-0.3, -0.25) is 4.79 Å². The molecule has 1 amide bonds. The molecule has 0 spiro atoms. The van der Waals surface area contributed by atoms with Gasteiger partial charge in [0.2, 0.25) is 5.95 Å². The molecule has 156 valence electrons. The van der Waals surface area contributed by atoms with E-state index in [1.54, 1.807) is 12.1 Å². The van der Waals surface area contributed by atoms with Crippen LogP contribution >= 0.6 is 22.9 Å². The van der Waals surface area contributed by atoms with Crippen LogP contribution in [0.1, 0.15) is 20.9 Å². The molecule has 2 aromatic carbocycles. The Bertz CT molecular complexity index is 1210. The van der Waals surface area contributed by atoms with Gasteiger partial charge in [-0.2, -0.15) is 4.98 Å². The van der Waals surface area contributed by atoms with E-state index in [9.17, 15) is 4.79 Å². The molecule has 0 saturated heterocycles. The summed E-state index contributed by atoms with van der Waals surface area (Å²) >= 11 is 7.14. The predicted octanol–water partition coefficient (Wildman–Crippen LogP) is 6.55. The molecule has 0 fully saturated rings. The van der Waals surface area contributed by atoms with Crippen molar-refractivity contribution in [3.8, 4) is 0 Å². The maximum atomic E-state index is 12.2. The standard InChI is InChI=1S/C23H20ClN5OS/c1-14-3-5-18(6-4-14)28-23-25-15(2)13-21(29-23)26-16-7-9-17(10-8-16)27-22(30)19-11-12-20(24)31-19/h3-13H,1-2H3,(H,27,30)(H2,25,26,28,29). The number of carbonyl (C=O) groups is 1. The summed E-state index contributed by atoms with van der Waals surface area (Å²) in [6.45, 7) is 3.96. The number of rotatable bonds is 6. The number of carbonyl (C=O) groups excluding carboxylic acids is 1. The molecule has 2 aromatic heterocycles. The van der Waals surface area contributed by atoms with Gasteiger partial charge < -0.3 is 16.0 Å². The van der Waals surface area contributed by atoms with E-state index in [4.69, 9.17) is 11.6 Å². The van der Waals surface area contributed by atoms with E-state index in [2.05, 4.69) is 25.9 Å². The van der Waals surface area contributed by atoms with E-state index in [0.29, 0.717) is 26.7 Å². The topological polar surface area (TPSA) is 78.9 Å². The van der Waals surface area contributed by atoms with Crippen LogP contribution in [0.5, 0.6) is 0 Å². The Balaban J connectivity index is 1.43. The molecule has 0 radical (unpaired) electrons. The highest BCUT2D eigenvalue weighted by Gasteiger charge is 2.09. The number of aryl methyl sites for hydroxylation is 2. The second-order valence-corrected chi connectivity index (χ2v) is 8.68. The van der Waals surface area contributed by atoms with Gasteiger partial charge in [0, 0.05) is 28.8 Å². The molecule has 4 aromatic rings. The summed E-state index contributed by atoms with van der Waals surface area (Å²) in [5, 5.41) is 9.37. The van der Waals surface area contributed by atoms with Crippen LogP contribution in [0.25, 0.3) is 0 Å². The predicted molar refractivity (Wildman–Crippen MR) is 128 cm³/mol. The zero-order valence-corrected chi connectivity index (χ0v) is 18.5. The van der Waals surface area contributed by atoms with Crippen LogP contribution < -0.4 is 16.0 Å². The van der Waals surface area contributed by atoms with Crippen LogP contribution in [0.3, 0.4) is 0 Å². The third kappa shape index (κ3) is 5.59. The van der Waals surface area contributed by atoms with Gasteiger partial charge in [0.25, 0.3) is 5.91 Å². The Morgan fingerprint density at radius 2 is 1.48 bits per heavy atom. The maximum Gasteiger partial charge on any atom is 0.265 e. The van der Waals surface area contributed by atoms with Gasteiger partial charge in [0.15, 0.2) is 0 Å². The normalized spacial score (nSPS) is 10.5. The van der Waals surface area contributed by atoms with Gasteiger partial charge in [0.1, 0.15) is 5.82 Å². The summed E-state index contributed by atoms with van der Waals surface area (Å²) in [5.41, 5.74) is 4.49. The highest BCUT2D eigenvalue weighted by molar-refractivity contribution is 7.18. The lowest BCUT2D eigenvalue weighted by Crippen LogP contribution is -2.09. The molecule has 3 N–H and O–H groups in total. The minimum atomic E-state index is -0.184. The first-order chi connectivity index (χ1) is 14.9. The molecule has 0 aliphatic heterocycles. The molecule has 8 heteroatoms. The molecule has 0 unspecified atom stereocenters. The third-order valence-electron chi connectivity index (χ3n) is 4.37. The van der Waals surface area contributed by atoms with Crippen molar-refractivity contribution in [2.45, 2.75) is 13.8 Å². The summed E-state index contributed by atoms with van der Waals surface area (Å²) in [5.74, 6) is 1.01. The fourth-order valence-electron chi connectivity index (χ4n) is 2.87. The minimum absolute atomic E-state index is 0.184. The van der Waals surface area contributed by atoms with Crippen molar-refractivity contribution in [1.82, 2.24) is 9.97 Å². The number of anilines is 5. The van der Waals surface area contributed by atoms with Gasteiger partial charge in [0.05, 0.1) is 9.21 Å². The average Bonchev–Trinajstić information content (AvgIpc) is 3.17. The number of thiophene rings is 1. The number of aromatic nitrogens is 2. The van der Waals surface area contributed by atoms with Crippen LogP contribution in [-0.4, -0.2) is 15.9 Å². The highest BCUT2D eigenvalue weighted by atomic mass is 35.5. The fourth-order valence-corrected chi connectivity index (χ4v) is 3.81. The zero-order valence-electron chi connectivity index (χ0n) is 16.9. The van der Waals surface area contributed by atoms with E-state index in [1.807, 2.05) is 68.4 Å². The van der Waals surface area contributed by atoms with E-state index in [-0.39, 0.29) is 5.91 Å². The van der Waals surface area contributed by atoms with Crippen molar-refractivity contribution in [2.24, 2.45) is 0 Å². The van der Waals surface area contributed by atoms with E-state index in [1.165, 1.54) is 16.9 Å². The largest absolute Gasteiger partial charge is 0.340 e. The second kappa shape index (κ2) is 9.16. The number of hydrogen-bond donors (Lipinski definition) is 3. The van der Waals surface area contributed by atoms with Crippen molar-refractivity contribution in [3.63, 3.8) is 0 Å². The monoisotopic (exact) mass is 449 g/mol. The molecule has 0 aliphatic rings. The Labute approximate surface area is 189 Å². The molecule has 4 rings (SSSR count). The number of amides is 1. The minimum Gasteiger partial charge on any atom is -0.340 e. The first kappa shape index (κ1) is 20.8. The second-order valence-electron chi connectivity index (χ2n) is 6.97. The lowest BCUT2D eigenvalue weighted by Gasteiger charge is -2.11. The number of nitrogens with zero attached hydrogens (tertiary/aromatic N) is 2. The van der Waals surface area contributed by atoms with Crippen LogP contribution in [0.15, 0.2) is 66.7 Å². The van der Waals surface area contributed by atoms with Crippen LogP contribution in [0, 0.1) is 13.8 Å². The first-order valence-electron chi connectivity index (χ1n) is 9.58. The smallest absolute Gasteiger partial charge is 0.265 e. The average molecular weight is 450 g/mol. The molecule has 2 heterocycles. The zero-order chi connectivity index (χ0) is 21.8. The molecular weight excluding hydrogens is 430 g/mol. The summed E-state index contributed by atoms with van der Waals surface area (Å²) in [4.78, 5) is 21.8. The van der Waals surface area contributed by atoms with Crippen LogP contribution in [0.2, 0.25) is 4.34 Å². The summed E-state index contributed by atoms with van der Waals surface area (Å²) < 4.78 is 0.584. The SMILES string of the molecule is Cc1ccc(Nc2nc(C)cc(Nc3ccc(NC(=O)c4ccc(Cl)s4)cc3)n2)cc1. The quantitative estimate of drug-likeness (QED) is 0.311. The fraction of sp³-hybridized carbons (Fsp3) is 0.0870. The Hall–Kier alpha value is -3.42. The number of halogens is 1. The first-order valence-corrected chi connectivity index (χ1v) is 10.8. The Morgan fingerprint density at radius 3 is 2.16 bits per heavy atom. The molecular formula is C23H20ClN5OS. The van der Waals surface area contributed by atoms with Crippen LogP contribution in [-0.2, 0) is 0 Å². The van der Waals surface area contributed by atoms with Gasteiger partial charge in [-0.1, -0.05) is 29.3 Å². The summed E-state index contributed by atoms with van der Waals surface area (Å²) in [7, 11) is 0. The lowest BCUT2D eigenvalue weighted by molar-refractivity contribution is 0.103. The van der Waals surface area contributed by atoms with Crippen molar-refractivity contribution in [1.29, 1.82) is 0 Å². The van der Waals surface area contributed by atoms with Gasteiger partial charge in [-0.05, 0) is 62.4 Å². The molecule has 31 heavy (non-hydrogen) atoms. The van der Waals surface area contributed by atoms with Gasteiger partial charge >= 0.3 is 0 Å². The van der Waals surface area contributed by atoms with E-state index in [0.717, 1.165) is 17.1 Å². The number of benzene rings is 2. The Morgan fingerprint density at radius 1 is 0.839 bits per heavy atom. The van der Waals surface area contributed by atoms with Crippen molar-refractivity contribution < 1.29 is 4.79 Å². The lowest BCUT2D eigenvalue weighted by atomic mass is 10.2. The Kier molecular flexibility index (Phi) is 6.16. The third-order valence-corrected chi connectivity index (χ3v) is 5.60. The van der Waals surface area contributed by atoms with Crippen molar-refractivity contribution in [2.75, 3.05) is 16.0 Å². The molecule has 0 bridgehead atoms. The number of hydrogen-bond acceptors (Lipinski definition) is 6.